The molecule has 1 aromatic rings. The SMILES string of the molecule is CCOSc1ccc(C(=O)NCCCN(CC)CC)cc1. The van der Waals surface area contributed by atoms with Crippen molar-refractivity contribution < 1.29 is 8.98 Å². The van der Waals surface area contributed by atoms with Gasteiger partial charge in [-0.2, -0.15) is 0 Å². The maximum atomic E-state index is 12.0. The molecule has 0 bridgehead atoms. The number of hydrogen-bond donors (Lipinski definition) is 1. The van der Waals surface area contributed by atoms with Crippen molar-refractivity contribution in [1.29, 1.82) is 0 Å². The summed E-state index contributed by atoms with van der Waals surface area (Å²) < 4.78 is 5.25. The van der Waals surface area contributed by atoms with Gasteiger partial charge in [-0.1, -0.05) is 13.8 Å². The number of carbonyl (C=O) groups excluding carboxylic acids is 1. The molecule has 0 radical (unpaired) electrons. The summed E-state index contributed by atoms with van der Waals surface area (Å²) in [5.41, 5.74) is 0.693. The summed E-state index contributed by atoms with van der Waals surface area (Å²) in [6.07, 6.45) is 0.978. The van der Waals surface area contributed by atoms with Crippen LogP contribution in [0.3, 0.4) is 0 Å². The van der Waals surface area contributed by atoms with Crippen LogP contribution in [-0.4, -0.2) is 43.6 Å². The van der Waals surface area contributed by atoms with Gasteiger partial charge in [-0.05, 0) is 57.2 Å². The molecule has 5 heteroatoms. The number of benzene rings is 1. The summed E-state index contributed by atoms with van der Waals surface area (Å²) in [4.78, 5) is 15.4. The molecule has 0 unspecified atom stereocenters. The van der Waals surface area contributed by atoms with Gasteiger partial charge in [0.2, 0.25) is 0 Å². The van der Waals surface area contributed by atoms with Crippen molar-refractivity contribution in [2.45, 2.75) is 32.1 Å². The predicted octanol–water partition coefficient (Wildman–Crippen LogP) is 3.19. The number of rotatable bonds is 10. The third-order valence-corrected chi connectivity index (χ3v) is 4.04. The Kier molecular flexibility index (Phi) is 9.14. The van der Waals surface area contributed by atoms with Gasteiger partial charge in [-0.15, -0.1) is 0 Å². The topological polar surface area (TPSA) is 41.6 Å². The zero-order valence-corrected chi connectivity index (χ0v) is 14.0. The van der Waals surface area contributed by atoms with E-state index in [2.05, 4.69) is 24.1 Å². The fourth-order valence-electron chi connectivity index (χ4n) is 1.94. The minimum atomic E-state index is -0.0116. The summed E-state index contributed by atoms with van der Waals surface area (Å²) >= 11 is 1.33. The Morgan fingerprint density at radius 1 is 1.19 bits per heavy atom. The molecule has 0 aromatic heterocycles. The van der Waals surface area contributed by atoms with Gasteiger partial charge in [0.15, 0.2) is 0 Å². The van der Waals surface area contributed by atoms with Crippen LogP contribution in [0.25, 0.3) is 0 Å². The van der Waals surface area contributed by atoms with Crippen LogP contribution in [0, 0.1) is 0 Å². The van der Waals surface area contributed by atoms with Gasteiger partial charge in [0.05, 0.1) is 6.61 Å². The molecule has 1 N–H and O–H groups in total. The minimum Gasteiger partial charge on any atom is -0.352 e. The molecule has 0 heterocycles. The molecule has 118 valence electrons. The normalized spacial score (nSPS) is 10.9. The Morgan fingerprint density at radius 2 is 1.86 bits per heavy atom. The molecule has 0 saturated carbocycles. The largest absolute Gasteiger partial charge is 0.352 e. The minimum absolute atomic E-state index is 0.0116. The first-order chi connectivity index (χ1) is 10.2. The van der Waals surface area contributed by atoms with E-state index < -0.39 is 0 Å². The van der Waals surface area contributed by atoms with E-state index in [1.807, 2.05) is 31.2 Å². The molecule has 21 heavy (non-hydrogen) atoms. The predicted molar refractivity (Wildman–Crippen MR) is 88.7 cm³/mol. The summed E-state index contributed by atoms with van der Waals surface area (Å²) in [7, 11) is 0. The van der Waals surface area contributed by atoms with Crippen molar-refractivity contribution in [2.75, 3.05) is 32.8 Å². The van der Waals surface area contributed by atoms with E-state index in [9.17, 15) is 4.79 Å². The lowest BCUT2D eigenvalue weighted by atomic mass is 10.2. The smallest absolute Gasteiger partial charge is 0.251 e. The van der Waals surface area contributed by atoms with Crippen molar-refractivity contribution in [1.82, 2.24) is 10.2 Å². The van der Waals surface area contributed by atoms with Crippen molar-refractivity contribution in [3.05, 3.63) is 29.8 Å². The van der Waals surface area contributed by atoms with Gasteiger partial charge < -0.3 is 14.4 Å². The third-order valence-electron chi connectivity index (χ3n) is 3.22. The Hall–Kier alpha value is -1.04. The Bertz CT molecular complexity index is 405. The Labute approximate surface area is 132 Å². The standard InChI is InChI=1S/C16H26N2O2S/c1-4-18(5-2)13-7-12-17-16(19)14-8-10-15(11-9-14)21-20-6-3/h8-11H,4-7,12-13H2,1-3H3,(H,17,19). The Balaban J connectivity index is 2.31. The summed E-state index contributed by atoms with van der Waals surface area (Å²) in [6.45, 7) is 10.8. The van der Waals surface area contributed by atoms with E-state index in [-0.39, 0.29) is 5.91 Å². The van der Waals surface area contributed by atoms with Gasteiger partial charge in [0.1, 0.15) is 0 Å². The van der Waals surface area contributed by atoms with E-state index in [1.165, 1.54) is 12.0 Å². The first-order valence-corrected chi connectivity index (χ1v) is 8.35. The highest BCUT2D eigenvalue weighted by Crippen LogP contribution is 2.19. The molecule has 4 nitrogen and oxygen atoms in total. The molecule has 0 fully saturated rings. The van der Waals surface area contributed by atoms with Crippen LogP contribution in [0.15, 0.2) is 29.2 Å². The number of amides is 1. The van der Waals surface area contributed by atoms with Gasteiger partial charge >= 0.3 is 0 Å². The lowest BCUT2D eigenvalue weighted by molar-refractivity contribution is 0.0951. The molecule has 0 aliphatic rings. The van der Waals surface area contributed by atoms with Crippen molar-refractivity contribution in [2.24, 2.45) is 0 Å². The van der Waals surface area contributed by atoms with Crippen molar-refractivity contribution in [3.63, 3.8) is 0 Å². The van der Waals surface area contributed by atoms with Crippen LogP contribution >= 0.6 is 12.0 Å². The Morgan fingerprint density at radius 3 is 2.43 bits per heavy atom. The van der Waals surface area contributed by atoms with Gasteiger partial charge in [-0.25, -0.2) is 0 Å². The first-order valence-electron chi connectivity index (χ1n) is 7.61. The monoisotopic (exact) mass is 310 g/mol. The zero-order chi connectivity index (χ0) is 15.5. The average Bonchev–Trinajstić information content (AvgIpc) is 2.53. The highest BCUT2D eigenvalue weighted by atomic mass is 32.2. The fraction of sp³-hybridized carbons (Fsp3) is 0.562. The maximum absolute atomic E-state index is 12.0. The van der Waals surface area contributed by atoms with E-state index in [4.69, 9.17) is 4.18 Å². The van der Waals surface area contributed by atoms with Crippen LogP contribution < -0.4 is 5.32 Å². The molecule has 0 aliphatic carbocycles. The molecule has 1 rings (SSSR count). The second-order valence-corrected chi connectivity index (χ2v) is 5.52. The molecule has 0 saturated heterocycles. The first kappa shape index (κ1) is 18.0. The van der Waals surface area contributed by atoms with Crippen molar-refractivity contribution >= 4 is 17.9 Å². The lowest BCUT2D eigenvalue weighted by Crippen LogP contribution is -2.29. The third kappa shape index (κ3) is 6.98. The lowest BCUT2D eigenvalue weighted by Gasteiger charge is -2.17. The molecule has 1 aromatic carbocycles. The summed E-state index contributed by atoms with van der Waals surface area (Å²) in [6, 6.07) is 7.48. The second-order valence-electron chi connectivity index (χ2n) is 4.65. The molecular weight excluding hydrogens is 284 g/mol. The average molecular weight is 310 g/mol. The zero-order valence-electron chi connectivity index (χ0n) is 13.2. The molecule has 0 atom stereocenters. The van der Waals surface area contributed by atoms with E-state index in [0.29, 0.717) is 18.7 Å². The molecule has 1 amide bonds. The maximum Gasteiger partial charge on any atom is 0.251 e. The van der Waals surface area contributed by atoms with Gasteiger partial charge in [0, 0.05) is 29.0 Å². The van der Waals surface area contributed by atoms with E-state index >= 15 is 0 Å². The van der Waals surface area contributed by atoms with Crippen LogP contribution in [0.4, 0.5) is 0 Å². The van der Waals surface area contributed by atoms with E-state index in [0.717, 1.165) is 31.0 Å². The highest BCUT2D eigenvalue weighted by Gasteiger charge is 2.05. The fourth-order valence-corrected chi connectivity index (χ4v) is 2.44. The van der Waals surface area contributed by atoms with Crippen molar-refractivity contribution in [3.8, 4) is 0 Å². The number of hydrogen-bond acceptors (Lipinski definition) is 4. The summed E-state index contributed by atoms with van der Waals surface area (Å²) in [5.74, 6) is -0.0116. The van der Waals surface area contributed by atoms with Crippen LogP contribution in [-0.2, 0) is 4.18 Å². The van der Waals surface area contributed by atoms with Crippen LogP contribution in [0.1, 0.15) is 37.6 Å². The van der Waals surface area contributed by atoms with E-state index in [1.54, 1.807) is 0 Å². The molecule has 0 aliphatic heterocycles. The second kappa shape index (κ2) is 10.7. The number of carbonyl (C=O) groups is 1. The van der Waals surface area contributed by atoms with Gasteiger partial charge in [-0.3, -0.25) is 4.79 Å². The number of nitrogens with zero attached hydrogens (tertiary/aromatic N) is 1. The highest BCUT2D eigenvalue weighted by molar-refractivity contribution is 7.94. The molecular formula is C16H26N2O2S. The summed E-state index contributed by atoms with van der Waals surface area (Å²) in [5, 5.41) is 2.96. The quantitative estimate of drug-likeness (QED) is 0.532. The van der Waals surface area contributed by atoms with Crippen LogP contribution in [0.2, 0.25) is 0 Å². The number of nitrogens with one attached hydrogen (secondary N) is 1. The van der Waals surface area contributed by atoms with Gasteiger partial charge in [0.25, 0.3) is 5.91 Å². The van der Waals surface area contributed by atoms with Crippen LogP contribution in [0.5, 0.6) is 0 Å². The molecule has 0 spiro atoms.